The molecule has 1 saturated heterocycles. The highest BCUT2D eigenvalue weighted by Crippen LogP contribution is 2.22. The summed E-state index contributed by atoms with van der Waals surface area (Å²) in [5.74, 6) is 0.363. The number of ether oxygens (including phenoxy) is 1. The van der Waals surface area contributed by atoms with E-state index in [1.54, 1.807) is 66.6 Å². The number of piperazine rings is 1. The summed E-state index contributed by atoms with van der Waals surface area (Å²) in [7, 11) is 1.55. The van der Waals surface area contributed by atoms with E-state index in [0.29, 0.717) is 54.1 Å². The van der Waals surface area contributed by atoms with E-state index < -0.39 is 10.5 Å². The number of amides is 1. The lowest BCUT2D eigenvalue weighted by Crippen LogP contribution is -2.48. The van der Waals surface area contributed by atoms with Crippen LogP contribution in [0.2, 0.25) is 0 Å². The minimum absolute atomic E-state index is 0.0357. The van der Waals surface area contributed by atoms with E-state index in [-0.39, 0.29) is 23.0 Å². The predicted octanol–water partition coefficient (Wildman–Crippen LogP) is 3.86. The highest BCUT2D eigenvalue weighted by molar-refractivity contribution is 5.97. The van der Waals surface area contributed by atoms with Crippen molar-refractivity contribution in [3.05, 3.63) is 104 Å². The number of rotatable bonds is 6. The molecular formula is C28H25N5O6. The number of nitrogens with zero attached hydrogens (tertiary/aromatic N) is 4. The van der Waals surface area contributed by atoms with Gasteiger partial charge >= 0.3 is 0 Å². The van der Waals surface area contributed by atoms with Gasteiger partial charge in [0.25, 0.3) is 17.2 Å². The van der Waals surface area contributed by atoms with Gasteiger partial charge in [0, 0.05) is 61.2 Å². The van der Waals surface area contributed by atoms with E-state index in [1.165, 1.54) is 18.2 Å². The molecule has 39 heavy (non-hydrogen) atoms. The van der Waals surface area contributed by atoms with Crippen molar-refractivity contribution in [2.24, 2.45) is 0 Å². The molecule has 4 aromatic rings. The van der Waals surface area contributed by atoms with Gasteiger partial charge in [-0.25, -0.2) is 4.98 Å². The van der Waals surface area contributed by atoms with E-state index in [4.69, 9.17) is 4.74 Å². The normalized spacial score (nSPS) is 13.9. The Hall–Kier alpha value is -5.19. The first-order chi connectivity index (χ1) is 18.8. The first-order valence-electron chi connectivity index (χ1n) is 12.2. The van der Waals surface area contributed by atoms with Crippen LogP contribution in [0.1, 0.15) is 21.6 Å². The van der Waals surface area contributed by atoms with Gasteiger partial charge in [-0.05, 0) is 54.6 Å². The highest BCUT2D eigenvalue weighted by Gasteiger charge is 2.23. The van der Waals surface area contributed by atoms with E-state index in [0.717, 1.165) is 5.69 Å². The topological polar surface area (TPSA) is 142 Å². The summed E-state index contributed by atoms with van der Waals surface area (Å²) >= 11 is 0. The van der Waals surface area contributed by atoms with Crippen molar-refractivity contribution in [1.82, 2.24) is 14.9 Å². The zero-order chi connectivity index (χ0) is 27.5. The molecule has 2 N–H and O–H groups in total. The number of hydrogen-bond acceptors (Lipinski definition) is 8. The van der Waals surface area contributed by atoms with Crippen LogP contribution < -0.4 is 15.2 Å². The maximum atomic E-state index is 13.2. The third-order valence-corrected chi connectivity index (χ3v) is 6.62. The van der Waals surface area contributed by atoms with Crippen molar-refractivity contribution in [3.8, 4) is 5.75 Å². The Bertz CT molecular complexity index is 1620. The molecule has 5 rings (SSSR count). The van der Waals surface area contributed by atoms with Crippen LogP contribution in [0.25, 0.3) is 22.9 Å². The zero-order valence-electron chi connectivity index (χ0n) is 21.0. The number of nitro groups is 1. The van der Waals surface area contributed by atoms with E-state index in [1.807, 2.05) is 0 Å². The van der Waals surface area contributed by atoms with Gasteiger partial charge in [0.05, 0.1) is 23.1 Å². The molecule has 3 aromatic carbocycles. The minimum Gasteiger partial charge on any atom is -0.507 e. The number of hydrogen-bond donors (Lipinski definition) is 2. The van der Waals surface area contributed by atoms with Gasteiger partial charge in [0.15, 0.2) is 0 Å². The molecule has 1 aliphatic rings. The first-order valence-corrected chi connectivity index (χ1v) is 12.2. The van der Waals surface area contributed by atoms with Crippen molar-refractivity contribution in [2.45, 2.75) is 0 Å². The van der Waals surface area contributed by atoms with Crippen LogP contribution in [0.5, 0.6) is 5.75 Å². The van der Waals surface area contributed by atoms with Gasteiger partial charge < -0.3 is 24.6 Å². The summed E-state index contributed by atoms with van der Waals surface area (Å²) in [6.45, 7) is 2.14. The van der Waals surface area contributed by atoms with Gasteiger partial charge in [-0.1, -0.05) is 0 Å². The second-order valence-electron chi connectivity index (χ2n) is 8.99. The number of aliphatic hydroxyl groups is 1. The number of aromatic nitrogens is 2. The Morgan fingerprint density at radius 2 is 1.69 bits per heavy atom. The van der Waals surface area contributed by atoms with Gasteiger partial charge in [0.1, 0.15) is 17.2 Å². The molecule has 0 spiro atoms. The monoisotopic (exact) mass is 527 g/mol. The van der Waals surface area contributed by atoms with Crippen LogP contribution in [-0.4, -0.2) is 64.1 Å². The standard InChI is InChI=1S/C28H25N5O6/c1-39-22-9-2-18(3-10-22)26(34)17-25-27(35)30-24-16-19(4-11-23(24)29-25)28(36)32-14-12-31(13-15-32)20-5-7-21(8-6-20)33(37)38/h2-11,16-17,34H,12-15H2,1H3,(H,30,35). The fourth-order valence-corrected chi connectivity index (χ4v) is 4.44. The van der Waals surface area contributed by atoms with Crippen molar-refractivity contribution in [2.75, 3.05) is 38.2 Å². The molecule has 198 valence electrons. The molecule has 0 saturated carbocycles. The van der Waals surface area contributed by atoms with Crippen molar-refractivity contribution in [3.63, 3.8) is 0 Å². The lowest BCUT2D eigenvalue weighted by Gasteiger charge is -2.36. The minimum atomic E-state index is -0.496. The molecule has 0 aliphatic carbocycles. The molecule has 0 radical (unpaired) electrons. The number of fused-ring (bicyclic) bond motifs is 1. The Balaban J connectivity index is 1.29. The largest absolute Gasteiger partial charge is 0.507 e. The molecule has 1 amide bonds. The van der Waals surface area contributed by atoms with Crippen LogP contribution in [0.15, 0.2) is 71.5 Å². The average Bonchev–Trinajstić information content (AvgIpc) is 2.97. The van der Waals surface area contributed by atoms with Crippen molar-refractivity contribution < 1.29 is 19.6 Å². The Kier molecular flexibility index (Phi) is 6.96. The number of nitrogens with one attached hydrogen (secondary N) is 1. The molecule has 0 atom stereocenters. The van der Waals surface area contributed by atoms with Crippen LogP contribution in [-0.2, 0) is 0 Å². The maximum absolute atomic E-state index is 13.2. The number of non-ortho nitro benzene ring substituents is 1. The van der Waals surface area contributed by atoms with Crippen LogP contribution in [0.3, 0.4) is 0 Å². The average molecular weight is 528 g/mol. The molecule has 11 nitrogen and oxygen atoms in total. The molecular weight excluding hydrogens is 502 g/mol. The van der Waals surface area contributed by atoms with Crippen LogP contribution >= 0.6 is 0 Å². The van der Waals surface area contributed by atoms with Crippen LogP contribution in [0, 0.1) is 10.1 Å². The first kappa shape index (κ1) is 25.5. The van der Waals surface area contributed by atoms with E-state index in [2.05, 4.69) is 14.9 Å². The van der Waals surface area contributed by atoms with Gasteiger partial charge in [0.2, 0.25) is 0 Å². The van der Waals surface area contributed by atoms with Gasteiger partial charge in [-0.3, -0.25) is 19.7 Å². The summed E-state index contributed by atoms with van der Waals surface area (Å²) in [6.07, 6.45) is 1.30. The third kappa shape index (κ3) is 5.42. The molecule has 1 aliphatic heterocycles. The summed E-state index contributed by atoms with van der Waals surface area (Å²) in [5.41, 5.74) is 2.26. The lowest BCUT2D eigenvalue weighted by molar-refractivity contribution is -0.384. The van der Waals surface area contributed by atoms with Crippen LogP contribution in [0.4, 0.5) is 11.4 Å². The summed E-state index contributed by atoms with van der Waals surface area (Å²) < 4.78 is 5.12. The second-order valence-corrected chi connectivity index (χ2v) is 8.99. The molecule has 11 heteroatoms. The fourth-order valence-electron chi connectivity index (χ4n) is 4.44. The number of nitro benzene ring substituents is 1. The SMILES string of the molecule is COc1ccc(C(O)=Cc2nc3ccc(C(=O)N4CCN(c5ccc([N+](=O)[O-])cc5)CC4)cc3[nH]c2=O)cc1. The summed E-state index contributed by atoms with van der Waals surface area (Å²) in [4.78, 5) is 47.2. The van der Waals surface area contributed by atoms with Gasteiger partial charge in [-0.2, -0.15) is 0 Å². The quantitative estimate of drug-likeness (QED) is 0.219. The Morgan fingerprint density at radius 1 is 1.03 bits per heavy atom. The van der Waals surface area contributed by atoms with Crippen molar-refractivity contribution in [1.29, 1.82) is 0 Å². The summed E-state index contributed by atoms with van der Waals surface area (Å²) in [6, 6.07) is 18.0. The third-order valence-electron chi connectivity index (χ3n) is 6.62. The number of carbonyl (C=O) groups excluding carboxylic acids is 1. The number of anilines is 1. The molecule has 1 aromatic heterocycles. The zero-order valence-corrected chi connectivity index (χ0v) is 21.0. The number of methoxy groups -OCH3 is 1. The highest BCUT2D eigenvalue weighted by atomic mass is 16.6. The molecule has 0 unspecified atom stereocenters. The molecule has 2 heterocycles. The smallest absolute Gasteiger partial charge is 0.274 e. The molecule has 1 fully saturated rings. The number of aliphatic hydroxyl groups excluding tert-OH is 1. The Morgan fingerprint density at radius 3 is 2.33 bits per heavy atom. The fraction of sp³-hybridized carbons (Fsp3) is 0.179. The Labute approximate surface area is 222 Å². The predicted molar refractivity (Wildman–Crippen MR) is 147 cm³/mol. The molecule has 0 bridgehead atoms. The summed E-state index contributed by atoms with van der Waals surface area (Å²) in [5, 5.41) is 21.3. The van der Waals surface area contributed by atoms with E-state index >= 15 is 0 Å². The number of benzene rings is 3. The van der Waals surface area contributed by atoms with Gasteiger partial charge in [-0.15, -0.1) is 0 Å². The van der Waals surface area contributed by atoms with E-state index in [9.17, 15) is 24.8 Å². The second kappa shape index (κ2) is 10.7. The number of H-pyrrole nitrogens is 1. The maximum Gasteiger partial charge on any atom is 0.274 e. The van der Waals surface area contributed by atoms with Crippen molar-refractivity contribution >= 4 is 40.2 Å². The number of aromatic amines is 1. The lowest BCUT2D eigenvalue weighted by atomic mass is 10.1. The number of carbonyl (C=O) groups is 1.